The van der Waals surface area contributed by atoms with E-state index < -0.39 is 5.91 Å². The molecule has 84 valence electrons. The first-order valence-corrected chi connectivity index (χ1v) is 5.17. The van der Waals surface area contributed by atoms with Crippen molar-refractivity contribution < 1.29 is 9.59 Å². The summed E-state index contributed by atoms with van der Waals surface area (Å²) in [5.41, 5.74) is 6.35. The zero-order valence-electron chi connectivity index (χ0n) is 8.56. The number of carbonyl (C=O) groups is 2. The van der Waals surface area contributed by atoms with Gasteiger partial charge in [-0.3, -0.25) is 9.59 Å². The predicted octanol–water partition coefficient (Wildman–Crippen LogP) is 1.21. The van der Waals surface area contributed by atoms with E-state index in [9.17, 15) is 9.59 Å². The molecule has 0 aliphatic carbocycles. The first-order valence-electron chi connectivity index (χ1n) is 4.54. The molecule has 5 heteroatoms. The second-order valence-corrected chi connectivity index (χ2v) is 3.44. The Morgan fingerprint density at radius 1 is 1.31 bits per heavy atom. The van der Waals surface area contributed by atoms with E-state index in [0.717, 1.165) is 0 Å². The number of nitrogens with two attached hydrogens (primary N) is 1. The van der Waals surface area contributed by atoms with Gasteiger partial charge in [-0.05, 0) is 24.3 Å². The predicted molar refractivity (Wildman–Crippen MR) is 66.6 cm³/mol. The average Bonchev–Trinajstić information content (AvgIpc) is 2.28. The number of rotatable bonds is 5. The van der Waals surface area contributed by atoms with E-state index in [1.165, 1.54) is 0 Å². The van der Waals surface area contributed by atoms with Gasteiger partial charge in [0.05, 0.1) is 11.4 Å². The highest BCUT2D eigenvalue weighted by Crippen LogP contribution is 2.12. The Morgan fingerprint density at radius 2 is 1.88 bits per heavy atom. The molecule has 1 amide bonds. The van der Waals surface area contributed by atoms with Crippen LogP contribution in [0.3, 0.4) is 0 Å². The molecule has 1 aromatic carbocycles. The third-order valence-corrected chi connectivity index (χ3v) is 2.23. The molecule has 0 aromatic heterocycles. The Labute approximate surface area is 98.9 Å². The van der Waals surface area contributed by atoms with Gasteiger partial charge >= 0.3 is 0 Å². The molecule has 0 bridgehead atoms. The molecule has 0 saturated carbocycles. The molecule has 0 fully saturated rings. The molecule has 0 radical (unpaired) electrons. The van der Waals surface area contributed by atoms with Crippen LogP contribution in [-0.4, -0.2) is 17.4 Å². The molecule has 0 aliphatic heterocycles. The lowest BCUT2D eigenvalue weighted by molar-refractivity contribution is -0.114. The van der Waals surface area contributed by atoms with Crippen molar-refractivity contribution in [2.45, 2.75) is 0 Å². The molecule has 0 unspecified atom stereocenters. The second kappa shape index (κ2) is 5.37. The number of anilines is 1. The molecule has 0 saturated heterocycles. The van der Waals surface area contributed by atoms with Crippen LogP contribution < -0.4 is 11.1 Å². The monoisotopic (exact) mass is 236 g/mol. The molecule has 0 heterocycles. The lowest BCUT2D eigenvalue weighted by Crippen LogP contribution is -2.18. The van der Waals surface area contributed by atoms with Gasteiger partial charge in [-0.2, -0.15) is 12.6 Å². The largest absolute Gasteiger partial charge is 0.364 e. The van der Waals surface area contributed by atoms with Gasteiger partial charge in [-0.15, -0.1) is 0 Å². The van der Waals surface area contributed by atoms with Crippen molar-refractivity contribution in [2.75, 3.05) is 11.1 Å². The first kappa shape index (κ1) is 12.3. The fraction of sp³-hybridized carbons (Fsp3) is 0.0909. The smallest absolute Gasteiger partial charge is 0.264 e. The van der Waals surface area contributed by atoms with Crippen LogP contribution in [0.5, 0.6) is 0 Å². The minimum Gasteiger partial charge on any atom is -0.364 e. The highest BCUT2D eigenvalue weighted by atomic mass is 32.1. The van der Waals surface area contributed by atoms with Crippen molar-refractivity contribution in [1.29, 1.82) is 0 Å². The van der Waals surface area contributed by atoms with Crippen molar-refractivity contribution in [1.82, 2.24) is 0 Å². The Morgan fingerprint density at radius 3 is 2.31 bits per heavy atom. The standard InChI is InChI=1S/C11H12N2O2S/c1-7(11(12)15)13-9-4-2-8(3-5-9)10(14)6-16/h2-5,13,16H,1,6H2,(H2,12,15). The second-order valence-electron chi connectivity index (χ2n) is 3.13. The van der Waals surface area contributed by atoms with E-state index in [-0.39, 0.29) is 17.2 Å². The van der Waals surface area contributed by atoms with Gasteiger partial charge in [0.2, 0.25) is 0 Å². The van der Waals surface area contributed by atoms with Crippen LogP contribution in [0.4, 0.5) is 5.69 Å². The lowest BCUT2D eigenvalue weighted by Gasteiger charge is -2.06. The van der Waals surface area contributed by atoms with E-state index in [1.54, 1.807) is 24.3 Å². The van der Waals surface area contributed by atoms with Gasteiger partial charge in [0.1, 0.15) is 0 Å². The first-order chi connectivity index (χ1) is 7.54. The Balaban J connectivity index is 2.76. The Kier molecular flexibility index (Phi) is 4.13. The maximum atomic E-state index is 11.3. The minimum atomic E-state index is -0.615. The summed E-state index contributed by atoms with van der Waals surface area (Å²) in [7, 11) is 0. The Hall–Kier alpha value is -1.75. The average molecular weight is 236 g/mol. The van der Waals surface area contributed by atoms with Crippen molar-refractivity contribution in [3.05, 3.63) is 42.1 Å². The van der Waals surface area contributed by atoms with Gasteiger partial charge in [0, 0.05) is 11.3 Å². The van der Waals surface area contributed by atoms with Crippen LogP contribution in [-0.2, 0) is 4.79 Å². The van der Waals surface area contributed by atoms with Crippen molar-refractivity contribution in [3.63, 3.8) is 0 Å². The molecule has 0 atom stereocenters. The highest BCUT2D eigenvalue weighted by molar-refractivity contribution is 7.81. The molecule has 0 aliphatic rings. The molecule has 1 rings (SSSR count). The van der Waals surface area contributed by atoms with E-state index >= 15 is 0 Å². The normalized spacial score (nSPS) is 9.56. The third-order valence-electron chi connectivity index (χ3n) is 1.94. The number of thiol groups is 1. The van der Waals surface area contributed by atoms with Crippen molar-refractivity contribution >= 4 is 30.0 Å². The number of nitrogens with one attached hydrogen (secondary N) is 1. The number of Topliss-reactive ketones (excluding diaryl/α,β-unsaturated/α-hetero) is 1. The fourth-order valence-electron chi connectivity index (χ4n) is 1.07. The molecular formula is C11H12N2O2S. The number of primary amides is 1. The maximum absolute atomic E-state index is 11.3. The molecule has 16 heavy (non-hydrogen) atoms. The van der Waals surface area contributed by atoms with E-state index in [0.29, 0.717) is 11.3 Å². The number of hydrogen-bond acceptors (Lipinski definition) is 4. The molecule has 4 nitrogen and oxygen atoms in total. The van der Waals surface area contributed by atoms with Gasteiger partial charge in [0.15, 0.2) is 5.78 Å². The summed E-state index contributed by atoms with van der Waals surface area (Å²) >= 11 is 3.89. The van der Waals surface area contributed by atoms with Crippen LogP contribution in [0.25, 0.3) is 0 Å². The SMILES string of the molecule is C=C(Nc1ccc(C(=O)CS)cc1)C(N)=O. The molecule has 0 spiro atoms. The topological polar surface area (TPSA) is 72.2 Å². The van der Waals surface area contributed by atoms with Crippen LogP contribution in [0.2, 0.25) is 0 Å². The van der Waals surface area contributed by atoms with Gasteiger partial charge in [-0.1, -0.05) is 6.58 Å². The number of hydrogen-bond donors (Lipinski definition) is 3. The fourth-order valence-corrected chi connectivity index (χ4v) is 1.25. The zero-order chi connectivity index (χ0) is 12.1. The summed E-state index contributed by atoms with van der Waals surface area (Å²) in [6.07, 6.45) is 0. The summed E-state index contributed by atoms with van der Waals surface area (Å²) in [6.45, 7) is 3.46. The van der Waals surface area contributed by atoms with Gasteiger partial charge in [-0.25, -0.2) is 0 Å². The molecule has 3 N–H and O–H groups in total. The van der Waals surface area contributed by atoms with Crippen LogP contribution in [0.1, 0.15) is 10.4 Å². The lowest BCUT2D eigenvalue weighted by atomic mass is 10.1. The number of carbonyl (C=O) groups excluding carboxylic acids is 2. The highest BCUT2D eigenvalue weighted by Gasteiger charge is 2.04. The third kappa shape index (κ3) is 3.13. The number of amides is 1. The van der Waals surface area contributed by atoms with Crippen molar-refractivity contribution in [3.8, 4) is 0 Å². The summed E-state index contributed by atoms with van der Waals surface area (Å²) in [5.74, 6) is -0.500. The summed E-state index contributed by atoms with van der Waals surface area (Å²) in [4.78, 5) is 22.0. The quantitative estimate of drug-likeness (QED) is 0.409. The number of ketones is 1. The number of benzene rings is 1. The van der Waals surface area contributed by atoms with Crippen LogP contribution in [0, 0.1) is 0 Å². The van der Waals surface area contributed by atoms with Crippen molar-refractivity contribution in [2.24, 2.45) is 5.73 Å². The van der Waals surface area contributed by atoms with E-state index in [2.05, 4.69) is 24.5 Å². The van der Waals surface area contributed by atoms with Gasteiger partial charge in [0.25, 0.3) is 5.91 Å². The summed E-state index contributed by atoms with van der Waals surface area (Å²) < 4.78 is 0. The maximum Gasteiger partial charge on any atom is 0.264 e. The minimum absolute atomic E-state index is 0.0522. The Bertz CT molecular complexity index is 426. The van der Waals surface area contributed by atoms with E-state index in [1.807, 2.05) is 0 Å². The van der Waals surface area contributed by atoms with Crippen LogP contribution in [0.15, 0.2) is 36.5 Å². The van der Waals surface area contributed by atoms with Gasteiger partial charge < -0.3 is 11.1 Å². The summed E-state index contributed by atoms with van der Waals surface area (Å²) in [5, 5.41) is 2.73. The van der Waals surface area contributed by atoms with E-state index in [4.69, 9.17) is 5.73 Å². The molecule has 1 aromatic rings. The summed E-state index contributed by atoms with van der Waals surface area (Å²) in [6, 6.07) is 6.64. The zero-order valence-corrected chi connectivity index (χ0v) is 9.46. The molecular weight excluding hydrogens is 224 g/mol. The van der Waals surface area contributed by atoms with Crippen LogP contribution >= 0.6 is 12.6 Å².